The van der Waals surface area contributed by atoms with Gasteiger partial charge in [-0.05, 0) is 25.0 Å². The van der Waals surface area contributed by atoms with Crippen LogP contribution in [0.4, 0.5) is 29.1 Å². The normalized spacial score (nSPS) is 18.4. The van der Waals surface area contributed by atoms with Crippen molar-refractivity contribution in [2.75, 3.05) is 35.2 Å². The van der Waals surface area contributed by atoms with Crippen molar-refractivity contribution < 1.29 is 26.0 Å². The van der Waals surface area contributed by atoms with Gasteiger partial charge in [-0.1, -0.05) is 6.07 Å². The van der Waals surface area contributed by atoms with Crippen LogP contribution in [0, 0.1) is 23.4 Å². The molecule has 1 fully saturated rings. The monoisotopic (exact) mass is 415 g/mol. The van der Waals surface area contributed by atoms with E-state index in [9.17, 15) is 21.6 Å². The zero-order chi connectivity index (χ0) is 20.1. The molecule has 5 nitrogen and oxygen atoms in total. The lowest BCUT2D eigenvalue weighted by molar-refractivity contribution is 0.509. The van der Waals surface area contributed by atoms with Crippen LogP contribution in [0.3, 0.4) is 0 Å². The van der Waals surface area contributed by atoms with E-state index in [0.717, 1.165) is 29.9 Å². The summed E-state index contributed by atoms with van der Waals surface area (Å²) in [6.07, 6.45) is 1.54. The number of rotatable bonds is 3. The van der Waals surface area contributed by atoms with Crippen LogP contribution in [-0.4, -0.2) is 38.8 Å². The highest BCUT2D eigenvalue weighted by atomic mass is 32.2. The van der Waals surface area contributed by atoms with Gasteiger partial charge in [0.25, 0.3) is 0 Å². The summed E-state index contributed by atoms with van der Waals surface area (Å²) < 4.78 is 83.0. The molecular formula is C18H17F4N3O2S. The number of aromatic nitrogens is 1. The fourth-order valence-corrected chi connectivity index (χ4v) is 5.20. The number of halogens is 4. The number of hydrogen-bond acceptors (Lipinski definition) is 5. The first kappa shape index (κ1) is 19.0. The van der Waals surface area contributed by atoms with Crippen molar-refractivity contribution in [1.82, 2.24) is 4.98 Å². The summed E-state index contributed by atoms with van der Waals surface area (Å²) in [5, 5.41) is 0. The first-order valence-corrected chi connectivity index (χ1v) is 10.5. The first-order valence-electron chi connectivity index (χ1n) is 8.84. The maximum absolute atomic E-state index is 15.1. The van der Waals surface area contributed by atoms with E-state index in [0.29, 0.717) is 13.1 Å². The molecule has 0 atom stereocenters. The van der Waals surface area contributed by atoms with E-state index in [-0.39, 0.29) is 17.9 Å². The van der Waals surface area contributed by atoms with Gasteiger partial charge < -0.3 is 9.80 Å². The summed E-state index contributed by atoms with van der Waals surface area (Å²) in [4.78, 5) is 5.50. The largest absolute Gasteiger partial charge is 0.361 e. The summed E-state index contributed by atoms with van der Waals surface area (Å²) in [6.45, 7) is 0.227. The van der Waals surface area contributed by atoms with Gasteiger partial charge in [0.05, 0.1) is 5.75 Å². The van der Waals surface area contributed by atoms with E-state index in [1.807, 2.05) is 0 Å². The third kappa shape index (κ3) is 3.09. The highest BCUT2D eigenvalue weighted by molar-refractivity contribution is 7.91. The average molecular weight is 415 g/mol. The lowest BCUT2D eigenvalue weighted by Gasteiger charge is -2.32. The third-order valence-corrected chi connectivity index (χ3v) is 6.80. The molecule has 0 bridgehead atoms. The van der Waals surface area contributed by atoms with Crippen LogP contribution in [0.5, 0.6) is 0 Å². The predicted molar refractivity (Wildman–Crippen MR) is 95.1 cm³/mol. The van der Waals surface area contributed by atoms with Crippen molar-refractivity contribution in [3.8, 4) is 0 Å². The van der Waals surface area contributed by atoms with E-state index in [4.69, 9.17) is 0 Å². The Morgan fingerprint density at radius 2 is 1.64 bits per heavy atom. The van der Waals surface area contributed by atoms with Gasteiger partial charge in [0.1, 0.15) is 22.2 Å². The van der Waals surface area contributed by atoms with Crippen molar-refractivity contribution in [3.05, 3.63) is 47.2 Å². The summed E-state index contributed by atoms with van der Waals surface area (Å²) >= 11 is 0. The van der Waals surface area contributed by atoms with Crippen LogP contribution in [0.25, 0.3) is 0 Å². The number of nitrogens with zero attached hydrogens (tertiary/aromatic N) is 3. The lowest BCUT2D eigenvalue weighted by atomic mass is 10.1. The number of benzene rings is 1. The minimum absolute atomic E-state index is 0.232. The molecule has 1 aromatic carbocycles. The van der Waals surface area contributed by atoms with Gasteiger partial charge in [-0.3, -0.25) is 0 Å². The van der Waals surface area contributed by atoms with Gasteiger partial charge in [-0.2, -0.15) is 9.37 Å². The molecule has 1 saturated heterocycles. The SMILES string of the molecule is O=S1(=O)CCN(Cc2c(F)cccc2F)c2c(F)nc(N3CCCC3)c(F)c21. The molecule has 150 valence electrons. The van der Waals surface area contributed by atoms with Crippen LogP contribution < -0.4 is 9.80 Å². The minimum Gasteiger partial charge on any atom is -0.361 e. The van der Waals surface area contributed by atoms with Crippen molar-refractivity contribution in [1.29, 1.82) is 0 Å². The Balaban J connectivity index is 1.84. The van der Waals surface area contributed by atoms with Crippen LogP contribution in [0.2, 0.25) is 0 Å². The number of anilines is 2. The van der Waals surface area contributed by atoms with Gasteiger partial charge in [-0.15, -0.1) is 0 Å². The first-order chi connectivity index (χ1) is 13.3. The predicted octanol–water partition coefficient (Wildman–Crippen LogP) is 3.03. The fourth-order valence-electron chi connectivity index (χ4n) is 3.67. The maximum atomic E-state index is 15.1. The molecule has 0 N–H and O–H groups in total. The van der Waals surface area contributed by atoms with Crippen LogP contribution in [0.15, 0.2) is 23.1 Å². The van der Waals surface area contributed by atoms with Crippen molar-refractivity contribution in [2.24, 2.45) is 0 Å². The molecule has 2 aliphatic rings. The van der Waals surface area contributed by atoms with Crippen molar-refractivity contribution in [2.45, 2.75) is 24.3 Å². The zero-order valence-electron chi connectivity index (χ0n) is 14.8. The molecule has 2 aliphatic heterocycles. The Morgan fingerprint density at radius 1 is 1.00 bits per heavy atom. The van der Waals surface area contributed by atoms with Gasteiger partial charge in [0.15, 0.2) is 21.5 Å². The van der Waals surface area contributed by atoms with Gasteiger partial charge in [-0.25, -0.2) is 21.6 Å². The second-order valence-electron chi connectivity index (χ2n) is 6.85. The Morgan fingerprint density at radius 3 is 2.29 bits per heavy atom. The number of pyridine rings is 1. The average Bonchev–Trinajstić information content (AvgIpc) is 3.16. The van der Waals surface area contributed by atoms with E-state index < -0.39 is 56.1 Å². The summed E-state index contributed by atoms with van der Waals surface area (Å²) in [6, 6.07) is 3.28. The van der Waals surface area contributed by atoms with Crippen molar-refractivity contribution in [3.63, 3.8) is 0 Å². The molecular weight excluding hydrogens is 398 g/mol. The molecule has 0 spiro atoms. The molecule has 0 unspecified atom stereocenters. The highest BCUT2D eigenvalue weighted by Gasteiger charge is 2.38. The van der Waals surface area contributed by atoms with Gasteiger partial charge in [0.2, 0.25) is 5.95 Å². The highest BCUT2D eigenvalue weighted by Crippen LogP contribution is 2.39. The molecule has 3 heterocycles. The van der Waals surface area contributed by atoms with E-state index in [1.54, 1.807) is 0 Å². The third-order valence-electron chi connectivity index (χ3n) is 5.08. The number of hydrogen-bond donors (Lipinski definition) is 0. The van der Waals surface area contributed by atoms with Crippen molar-refractivity contribution >= 4 is 21.3 Å². The Hall–Kier alpha value is -2.36. The standard InChI is InChI=1S/C18H17F4N3O2S/c19-12-4-3-5-13(20)11(12)10-25-8-9-28(26,27)16-14(21)18(23-17(22)15(16)25)24-6-1-2-7-24/h3-5H,1-2,6-10H2. The zero-order valence-corrected chi connectivity index (χ0v) is 15.6. The van der Waals surface area contributed by atoms with Crippen LogP contribution in [-0.2, 0) is 16.4 Å². The van der Waals surface area contributed by atoms with E-state index >= 15 is 4.39 Å². The molecule has 28 heavy (non-hydrogen) atoms. The quantitative estimate of drug-likeness (QED) is 0.570. The van der Waals surface area contributed by atoms with E-state index in [1.165, 1.54) is 11.0 Å². The molecule has 0 radical (unpaired) electrons. The maximum Gasteiger partial charge on any atom is 0.239 e. The molecule has 1 aromatic heterocycles. The van der Waals surface area contributed by atoms with E-state index in [2.05, 4.69) is 4.98 Å². The Kier molecular flexibility index (Phi) is 4.68. The fraction of sp³-hybridized carbons (Fsp3) is 0.389. The van der Waals surface area contributed by atoms with Crippen LogP contribution >= 0.6 is 0 Å². The summed E-state index contributed by atoms with van der Waals surface area (Å²) in [5.41, 5.74) is -0.925. The number of fused-ring (bicyclic) bond motifs is 1. The topological polar surface area (TPSA) is 53.5 Å². The second kappa shape index (κ2) is 6.91. The van der Waals surface area contributed by atoms with Gasteiger partial charge in [0, 0.05) is 31.7 Å². The molecule has 2 aromatic rings. The molecule has 0 aliphatic carbocycles. The molecule has 10 heteroatoms. The smallest absolute Gasteiger partial charge is 0.239 e. The second-order valence-corrected chi connectivity index (χ2v) is 8.90. The molecule has 0 saturated carbocycles. The summed E-state index contributed by atoms with van der Waals surface area (Å²) in [5.74, 6) is -4.81. The number of sulfone groups is 1. The summed E-state index contributed by atoms with van der Waals surface area (Å²) in [7, 11) is -4.10. The molecule has 0 amide bonds. The molecule has 4 rings (SSSR count). The van der Waals surface area contributed by atoms with Gasteiger partial charge >= 0.3 is 0 Å². The Bertz CT molecular complexity index is 1020. The minimum atomic E-state index is -4.10. The van der Waals surface area contributed by atoms with Crippen LogP contribution in [0.1, 0.15) is 18.4 Å². The Labute approximate surface area is 159 Å². The lowest BCUT2D eigenvalue weighted by Crippen LogP contribution is -2.38.